The summed E-state index contributed by atoms with van der Waals surface area (Å²) in [5.41, 5.74) is 2.10. The van der Waals surface area contributed by atoms with E-state index < -0.39 is 41.7 Å². The normalized spacial score (nSPS) is 22.7. The Labute approximate surface area is 229 Å². The third-order valence-corrected chi connectivity index (χ3v) is 7.42. The minimum Gasteiger partial charge on any atom is -0.438 e. The molecule has 0 N–H and O–H groups in total. The summed E-state index contributed by atoms with van der Waals surface area (Å²) in [5.74, 6) is -4.54. The van der Waals surface area contributed by atoms with E-state index in [1.165, 1.54) is 31.1 Å². The number of fused-ring (bicyclic) bond motifs is 1. The van der Waals surface area contributed by atoms with E-state index in [4.69, 9.17) is 9.47 Å². The first kappa shape index (κ1) is 28.8. The molecule has 0 bridgehead atoms. The van der Waals surface area contributed by atoms with Crippen molar-refractivity contribution < 1.29 is 27.8 Å². The molecule has 1 saturated carbocycles. The van der Waals surface area contributed by atoms with Gasteiger partial charge in [-0.05, 0) is 42.9 Å². The highest BCUT2D eigenvalue weighted by Gasteiger charge is 2.41. The molecule has 5 unspecified atom stereocenters. The molecular formula is C30H33F2N2O4P. The molecule has 9 heteroatoms. The second-order valence-corrected chi connectivity index (χ2v) is 10.5. The Morgan fingerprint density at radius 2 is 2.10 bits per heavy atom. The Bertz CT molecular complexity index is 1280. The molecule has 0 spiro atoms. The molecule has 1 aromatic carbocycles. The summed E-state index contributed by atoms with van der Waals surface area (Å²) in [6.45, 7) is 8.93. The molecule has 1 aromatic rings. The van der Waals surface area contributed by atoms with Crippen LogP contribution < -0.4 is 0 Å². The van der Waals surface area contributed by atoms with Crippen LogP contribution in [0.2, 0.25) is 0 Å². The predicted molar refractivity (Wildman–Crippen MR) is 151 cm³/mol. The van der Waals surface area contributed by atoms with Crippen molar-refractivity contribution in [2.45, 2.75) is 63.5 Å². The number of nitrogens with zero attached hydrogens (tertiary/aromatic N) is 2. The third kappa shape index (κ3) is 7.04. The number of benzene rings is 1. The highest BCUT2D eigenvalue weighted by Crippen LogP contribution is 2.37. The van der Waals surface area contributed by atoms with E-state index in [1.54, 1.807) is 31.2 Å². The summed E-state index contributed by atoms with van der Waals surface area (Å²) in [6.07, 6.45) is 10.5. The van der Waals surface area contributed by atoms with Gasteiger partial charge < -0.3 is 9.47 Å². The topological polar surface area (TPSA) is 77.3 Å². The average molecular weight is 555 g/mol. The van der Waals surface area contributed by atoms with Gasteiger partial charge in [-0.15, -0.1) is 0 Å². The van der Waals surface area contributed by atoms with E-state index >= 15 is 0 Å². The number of halogens is 2. The van der Waals surface area contributed by atoms with Crippen LogP contribution in [0, 0.1) is 17.7 Å². The monoisotopic (exact) mass is 554 g/mol. The summed E-state index contributed by atoms with van der Waals surface area (Å²) in [4.78, 5) is 34.1. The largest absolute Gasteiger partial charge is 0.438 e. The summed E-state index contributed by atoms with van der Waals surface area (Å²) >= 11 is 0. The van der Waals surface area contributed by atoms with Gasteiger partial charge in [-0.3, -0.25) is 9.59 Å². The lowest BCUT2D eigenvalue weighted by Gasteiger charge is -2.29. The molecule has 1 aliphatic carbocycles. The first-order valence-corrected chi connectivity index (χ1v) is 13.8. The highest BCUT2D eigenvalue weighted by molar-refractivity contribution is 7.19. The first-order valence-electron chi connectivity index (χ1n) is 13.1. The van der Waals surface area contributed by atoms with Crippen LogP contribution in [-0.4, -0.2) is 35.8 Å². The van der Waals surface area contributed by atoms with Gasteiger partial charge in [0.2, 0.25) is 12.1 Å². The lowest BCUT2D eigenvalue weighted by Crippen LogP contribution is -2.39. The molecule has 2 aliphatic heterocycles. The minimum atomic E-state index is -1.65. The Kier molecular flexibility index (Phi) is 9.39. The number of carbonyl (C=O) groups is 2. The number of hydrogen-bond acceptors (Lipinski definition) is 6. The summed E-state index contributed by atoms with van der Waals surface area (Å²) in [6, 6.07) is 4.48. The first-order chi connectivity index (χ1) is 18.7. The van der Waals surface area contributed by atoms with Gasteiger partial charge in [0, 0.05) is 5.56 Å². The Morgan fingerprint density at radius 3 is 2.74 bits per heavy atom. The van der Waals surface area contributed by atoms with Crippen molar-refractivity contribution in [2.75, 3.05) is 0 Å². The van der Waals surface area contributed by atoms with Gasteiger partial charge >= 0.3 is 11.9 Å². The molecule has 6 nitrogen and oxygen atoms in total. The summed E-state index contributed by atoms with van der Waals surface area (Å²) in [5, 5.41) is 0. The molecule has 0 amide bonds. The highest BCUT2D eigenvalue weighted by atomic mass is 31.0. The quantitative estimate of drug-likeness (QED) is 0.141. The van der Waals surface area contributed by atoms with Crippen LogP contribution in [0.1, 0.15) is 62.5 Å². The van der Waals surface area contributed by atoms with Crippen molar-refractivity contribution >= 4 is 38.5 Å². The van der Waals surface area contributed by atoms with Gasteiger partial charge in [0.15, 0.2) is 11.7 Å². The Morgan fingerprint density at radius 1 is 1.33 bits per heavy atom. The zero-order chi connectivity index (χ0) is 28.1. The second kappa shape index (κ2) is 12.7. The molecular weight excluding hydrogens is 521 g/mol. The fraction of sp³-hybridized carbons (Fsp3) is 0.400. The third-order valence-electron chi connectivity index (χ3n) is 7.12. The van der Waals surface area contributed by atoms with Gasteiger partial charge in [-0.1, -0.05) is 83.7 Å². The lowest BCUT2D eigenvalue weighted by atomic mass is 9.90. The molecule has 3 aliphatic rings. The van der Waals surface area contributed by atoms with E-state index in [1.807, 2.05) is 9.24 Å². The van der Waals surface area contributed by atoms with Crippen LogP contribution >= 0.6 is 9.24 Å². The Balaban J connectivity index is 1.58. The van der Waals surface area contributed by atoms with E-state index in [0.717, 1.165) is 24.3 Å². The number of hydrogen-bond donors (Lipinski definition) is 0. The maximum absolute atomic E-state index is 15.0. The van der Waals surface area contributed by atoms with Crippen molar-refractivity contribution in [2.24, 2.45) is 21.8 Å². The van der Waals surface area contributed by atoms with Crippen LogP contribution in [0.4, 0.5) is 8.78 Å². The number of esters is 2. The van der Waals surface area contributed by atoms with E-state index in [2.05, 4.69) is 23.1 Å². The van der Waals surface area contributed by atoms with Crippen LogP contribution in [0.3, 0.4) is 0 Å². The number of allylic oxidation sites excluding steroid dienone is 4. The lowest BCUT2D eigenvalue weighted by molar-refractivity contribution is -0.148. The second-order valence-electron chi connectivity index (χ2n) is 9.96. The van der Waals surface area contributed by atoms with Crippen molar-refractivity contribution in [1.82, 2.24) is 0 Å². The average Bonchev–Trinajstić information content (AvgIpc) is 3.74. The predicted octanol–water partition coefficient (Wildman–Crippen LogP) is 6.61. The van der Waals surface area contributed by atoms with Crippen LogP contribution in [-0.2, 0) is 19.1 Å². The SMILES string of the molecule is C=C/C=C(\C=C)c1ccc(C(C)C(=O)OC2=NC(C(F)P)=NC3OC(=O)CC=C(CCCC4CC4)C23)cc1F. The Hall–Kier alpha value is -3.25. The molecule has 39 heavy (non-hydrogen) atoms. The standard InChI is InChI=1S/C30H33F2N2O4P/c1-4-7-19(5-2)22-14-12-21(16-23(22)31)17(3)30(36)38-29-25-20(9-6-8-18-10-11-18)13-15-24(35)37-28(25)33-27(34-29)26(32)39/h4-5,7,12-14,16-18,25-26,28H,1-2,6,8-11,15,39H2,3H3/b19-7+. The van der Waals surface area contributed by atoms with E-state index in [-0.39, 0.29) is 18.2 Å². The van der Waals surface area contributed by atoms with Crippen molar-refractivity contribution in [3.63, 3.8) is 0 Å². The van der Waals surface area contributed by atoms with Crippen molar-refractivity contribution in [1.29, 1.82) is 0 Å². The zero-order valence-corrected chi connectivity index (χ0v) is 23.1. The number of rotatable bonds is 10. The minimum absolute atomic E-state index is 0.0484. The number of carbonyl (C=O) groups excluding carboxylic acids is 2. The fourth-order valence-electron chi connectivity index (χ4n) is 4.73. The molecule has 0 aromatic heterocycles. The number of ether oxygens (including phenoxy) is 2. The zero-order valence-electron chi connectivity index (χ0n) is 21.9. The smallest absolute Gasteiger partial charge is 0.319 e. The maximum Gasteiger partial charge on any atom is 0.319 e. The summed E-state index contributed by atoms with van der Waals surface area (Å²) in [7, 11) is 1.95. The van der Waals surface area contributed by atoms with Crippen LogP contribution in [0.25, 0.3) is 5.57 Å². The van der Waals surface area contributed by atoms with Gasteiger partial charge in [0.05, 0.1) is 12.3 Å². The molecule has 5 atom stereocenters. The fourth-order valence-corrected chi connectivity index (χ4v) is 4.89. The van der Waals surface area contributed by atoms with Gasteiger partial charge in [0.1, 0.15) is 11.7 Å². The van der Waals surface area contributed by atoms with Crippen LogP contribution in [0.15, 0.2) is 71.2 Å². The van der Waals surface area contributed by atoms with Gasteiger partial charge in [-0.25, -0.2) is 13.8 Å². The van der Waals surface area contributed by atoms with Gasteiger partial charge in [-0.2, -0.15) is 4.99 Å². The molecule has 4 rings (SSSR count). The molecule has 1 fully saturated rings. The van der Waals surface area contributed by atoms with Crippen LogP contribution in [0.5, 0.6) is 0 Å². The maximum atomic E-state index is 15.0. The van der Waals surface area contributed by atoms with Crippen molar-refractivity contribution in [3.8, 4) is 0 Å². The number of aliphatic imine (C=N–C) groups is 2. The van der Waals surface area contributed by atoms with Gasteiger partial charge in [0.25, 0.3) is 0 Å². The molecule has 206 valence electrons. The summed E-state index contributed by atoms with van der Waals surface area (Å²) < 4.78 is 40.5. The van der Waals surface area contributed by atoms with Crippen molar-refractivity contribution in [3.05, 3.63) is 78.2 Å². The van der Waals surface area contributed by atoms with E-state index in [0.29, 0.717) is 23.1 Å². The number of amidine groups is 1. The molecule has 2 heterocycles. The van der Waals surface area contributed by atoms with E-state index in [9.17, 15) is 18.4 Å². The number of alkyl halides is 1. The molecule has 0 saturated heterocycles. The molecule has 0 radical (unpaired) electrons.